The van der Waals surface area contributed by atoms with Gasteiger partial charge in [0, 0.05) is 30.3 Å². The number of likely N-dealkylation sites (tertiary alicyclic amines) is 1. The minimum Gasteiger partial charge on any atom is -0.454 e. The Morgan fingerprint density at radius 1 is 1.23 bits per heavy atom. The Bertz CT molecular complexity index is 891. The zero-order chi connectivity index (χ0) is 18.3. The predicted octanol–water partition coefficient (Wildman–Crippen LogP) is 2.80. The number of rotatable bonds is 3. The number of aryl methyl sites for hydroxylation is 2. The smallest absolute Gasteiger partial charge is 0.254 e. The summed E-state index contributed by atoms with van der Waals surface area (Å²) < 4.78 is 11.0. The summed E-state index contributed by atoms with van der Waals surface area (Å²) in [7, 11) is 0. The normalized spacial score (nSPS) is 19.7. The van der Waals surface area contributed by atoms with Crippen molar-refractivity contribution in [3.05, 3.63) is 50.7 Å². The number of H-pyrrole nitrogens is 1. The molecule has 2 aliphatic rings. The van der Waals surface area contributed by atoms with Gasteiger partial charge in [0.15, 0.2) is 11.5 Å². The van der Waals surface area contributed by atoms with E-state index in [1.54, 1.807) is 0 Å². The summed E-state index contributed by atoms with van der Waals surface area (Å²) in [4.78, 5) is 22.2. The number of piperidine rings is 1. The zero-order valence-corrected chi connectivity index (χ0v) is 15.6. The zero-order valence-electron chi connectivity index (χ0n) is 15.6. The Hall–Kier alpha value is -2.34. The topological polar surface area (TPSA) is 67.5 Å². The average Bonchev–Trinajstić information content (AvgIpc) is 3.07. The second-order valence-electron chi connectivity index (χ2n) is 7.37. The molecule has 4 rings (SSSR count). The summed E-state index contributed by atoms with van der Waals surface area (Å²) in [6.45, 7) is 8.97. The lowest BCUT2D eigenvalue weighted by Crippen LogP contribution is -2.35. The maximum Gasteiger partial charge on any atom is 0.254 e. The molecule has 0 amide bonds. The summed E-state index contributed by atoms with van der Waals surface area (Å²) in [5.41, 5.74) is 3.99. The highest BCUT2D eigenvalue weighted by molar-refractivity contribution is 5.48. The van der Waals surface area contributed by atoms with Gasteiger partial charge in [0.25, 0.3) is 5.56 Å². The molecule has 138 valence electrons. The first-order valence-corrected chi connectivity index (χ1v) is 9.20. The number of ether oxygens (including phenoxy) is 2. The van der Waals surface area contributed by atoms with E-state index in [4.69, 9.17) is 9.47 Å². The number of hydrogen-bond donors (Lipinski definition) is 1. The third kappa shape index (κ3) is 3.21. The summed E-state index contributed by atoms with van der Waals surface area (Å²) >= 11 is 0. The van der Waals surface area contributed by atoms with Crippen LogP contribution >= 0.6 is 0 Å². The van der Waals surface area contributed by atoms with Gasteiger partial charge in [-0.1, -0.05) is 0 Å². The van der Waals surface area contributed by atoms with Gasteiger partial charge >= 0.3 is 0 Å². The van der Waals surface area contributed by atoms with E-state index in [9.17, 15) is 4.79 Å². The fourth-order valence-corrected chi connectivity index (χ4v) is 3.78. The van der Waals surface area contributed by atoms with Crippen molar-refractivity contribution in [3.63, 3.8) is 0 Å². The summed E-state index contributed by atoms with van der Waals surface area (Å²) in [5, 5.41) is 0. The predicted molar refractivity (Wildman–Crippen MR) is 98.9 cm³/mol. The monoisotopic (exact) mass is 355 g/mol. The lowest BCUT2D eigenvalue weighted by molar-refractivity contribution is 0.173. The van der Waals surface area contributed by atoms with Gasteiger partial charge < -0.3 is 14.5 Å². The Kier molecular flexibility index (Phi) is 4.44. The van der Waals surface area contributed by atoms with Crippen LogP contribution in [0.2, 0.25) is 0 Å². The van der Waals surface area contributed by atoms with Crippen LogP contribution in [0.5, 0.6) is 11.5 Å². The van der Waals surface area contributed by atoms with E-state index in [0.29, 0.717) is 12.4 Å². The van der Waals surface area contributed by atoms with Crippen molar-refractivity contribution >= 4 is 0 Å². The Balaban J connectivity index is 1.52. The number of aromatic amines is 1. The molecule has 0 bridgehead atoms. The Morgan fingerprint density at radius 2 is 2.00 bits per heavy atom. The number of fused-ring (bicyclic) bond motifs is 1. The van der Waals surface area contributed by atoms with Crippen LogP contribution in [0.25, 0.3) is 0 Å². The van der Waals surface area contributed by atoms with Crippen molar-refractivity contribution in [2.75, 3.05) is 19.9 Å². The van der Waals surface area contributed by atoms with E-state index in [-0.39, 0.29) is 11.5 Å². The molecule has 2 aliphatic heterocycles. The number of benzene rings is 1. The van der Waals surface area contributed by atoms with Crippen LogP contribution < -0.4 is 15.0 Å². The molecule has 1 aromatic heterocycles. The van der Waals surface area contributed by atoms with Crippen LogP contribution in [-0.2, 0) is 6.54 Å². The molecule has 0 spiro atoms. The van der Waals surface area contributed by atoms with Crippen LogP contribution in [0, 0.1) is 20.8 Å². The van der Waals surface area contributed by atoms with Gasteiger partial charge in [-0.15, -0.1) is 0 Å². The third-order valence-electron chi connectivity index (χ3n) is 5.53. The van der Waals surface area contributed by atoms with Gasteiger partial charge in [0.2, 0.25) is 6.79 Å². The Morgan fingerprint density at radius 3 is 2.77 bits per heavy atom. The Labute approximate surface area is 153 Å². The standard InChI is InChI=1S/C20H25N3O3/c1-12-7-17-18(26-11-25-17)8-16(12)10-23-6-4-5-15(9-23)19-21-14(3)13(2)20(24)22-19/h7-8,15H,4-6,9-11H2,1-3H3,(H,21,22,24)/t15-/m1/s1. The highest BCUT2D eigenvalue weighted by Crippen LogP contribution is 2.35. The van der Waals surface area contributed by atoms with Crippen molar-refractivity contribution < 1.29 is 9.47 Å². The van der Waals surface area contributed by atoms with E-state index in [1.165, 1.54) is 11.1 Å². The highest BCUT2D eigenvalue weighted by Gasteiger charge is 2.25. The lowest BCUT2D eigenvalue weighted by atomic mass is 9.96. The van der Waals surface area contributed by atoms with Gasteiger partial charge in [0.1, 0.15) is 5.82 Å². The molecule has 2 aromatic rings. The van der Waals surface area contributed by atoms with E-state index in [1.807, 2.05) is 13.8 Å². The molecule has 6 nitrogen and oxygen atoms in total. The van der Waals surface area contributed by atoms with Gasteiger partial charge in [-0.2, -0.15) is 0 Å². The molecular weight excluding hydrogens is 330 g/mol. The van der Waals surface area contributed by atoms with Gasteiger partial charge in [-0.25, -0.2) is 4.98 Å². The number of nitrogens with zero attached hydrogens (tertiary/aromatic N) is 2. The average molecular weight is 355 g/mol. The fourth-order valence-electron chi connectivity index (χ4n) is 3.78. The van der Waals surface area contributed by atoms with Crippen molar-refractivity contribution in [3.8, 4) is 11.5 Å². The minimum atomic E-state index is -0.0174. The molecule has 1 saturated heterocycles. The van der Waals surface area contributed by atoms with E-state index < -0.39 is 0 Å². The summed E-state index contributed by atoms with van der Waals surface area (Å²) in [5.74, 6) is 2.76. The number of aromatic nitrogens is 2. The molecule has 1 fully saturated rings. The van der Waals surface area contributed by atoms with Gasteiger partial charge in [-0.3, -0.25) is 9.69 Å². The second-order valence-corrected chi connectivity index (χ2v) is 7.37. The van der Waals surface area contributed by atoms with Gasteiger partial charge in [-0.05, 0) is 63.4 Å². The SMILES string of the molecule is Cc1cc2c(cc1CN1CCC[C@@H](c3nc(C)c(C)c(=O)[nH]3)C1)OCO2. The van der Waals surface area contributed by atoms with Crippen LogP contribution in [0.4, 0.5) is 0 Å². The van der Waals surface area contributed by atoms with Crippen molar-refractivity contribution in [2.24, 2.45) is 0 Å². The molecular formula is C20H25N3O3. The number of nitrogens with one attached hydrogen (secondary N) is 1. The number of hydrogen-bond acceptors (Lipinski definition) is 5. The first kappa shape index (κ1) is 17.1. The molecule has 6 heteroatoms. The van der Waals surface area contributed by atoms with Crippen molar-refractivity contribution in [2.45, 2.75) is 46.1 Å². The summed E-state index contributed by atoms with van der Waals surface area (Å²) in [6.07, 6.45) is 2.16. The third-order valence-corrected chi connectivity index (χ3v) is 5.53. The molecule has 1 aromatic carbocycles. The van der Waals surface area contributed by atoms with Crippen molar-refractivity contribution in [1.29, 1.82) is 0 Å². The molecule has 1 atom stereocenters. The lowest BCUT2D eigenvalue weighted by Gasteiger charge is -2.32. The minimum absolute atomic E-state index is 0.0174. The van der Waals surface area contributed by atoms with Crippen LogP contribution in [-0.4, -0.2) is 34.8 Å². The maximum absolute atomic E-state index is 12.1. The molecule has 3 heterocycles. The van der Waals surface area contributed by atoms with Crippen LogP contribution in [0.1, 0.15) is 47.0 Å². The largest absolute Gasteiger partial charge is 0.454 e. The maximum atomic E-state index is 12.1. The first-order valence-electron chi connectivity index (χ1n) is 9.20. The van der Waals surface area contributed by atoms with Crippen molar-refractivity contribution in [1.82, 2.24) is 14.9 Å². The van der Waals surface area contributed by atoms with E-state index in [0.717, 1.165) is 55.5 Å². The van der Waals surface area contributed by atoms with Crippen LogP contribution in [0.3, 0.4) is 0 Å². The molecule has 26 heavy (non-hydrogen) atoms. The fraction of sp³-hybridized carbons (Fsp3) is 0.500. The van der Waals surface area contributed by atoms with Crippen LogP contribution in [0.15, 0.2) is 16.9 Å². The highest BCUT2D eigenvalue weighted by atomic mass is 16.7. The molecule has 0 radical (unpaired) electrons. The van der Waals surface area contributed by atoms with E-state index >= 15 is 0 Å². The summed E-state index contributed by atoms with van der Waals surface area (Å²) in [6, 6.07) is 4.15. The van der Waals surface area contributed by atoms with E-state index in [2.05, 4.69) is 33.9 Å². The molecule has 1 N–H and O–H groups in total. The first-order chi connectivity index (χ1) is 12.5. The molecule has 0 saturated carbocycles. The van der Waals surface area contributed by atoms with Gasteiger partial charge in [0.05, 0.1) is 0 Å². The second kappa shape index (κ2) is 6.76. The molecule has 0 aliphatic carbocycles. The molecule has 0 unspecified atom stereocenters. The quantitative estimate of drug-likeness (QED) is 0.917.